The highest BCUT2D eigenvalue weighted by atomic mass is 19.1. The number of rotatable bonds is 5. The lowest BCUT2D eigenvalue weighted by Crippen LogP contribution is -2.50. The van der Waals surface area contributed by atoms with Gasteiger partial charge in [-0.2, -0.15) is 5.10 Å². The maximum absolute atomic E-state index is 15.7. The number of benzene rings is 2. The topological polar surface area (TPSA) is 107 Å². The van der Waals surface area contributed by atoms with Crippen LogP contribution >= 0.6 is 0 Å². The molecular weight excluding hydrogens is 568 g/mol. The van der Waals surface area contributed by atoms with Crippen molar-refractivity contribution in [3.8, 4) is 16.9 Å². The number of aryl methyl sites for hydroxylation is 2. The van der Waals surface area contributed by atoms with Crippen LogP contribution in [-0.4, -0.2) is 66.7 Å². The largest absolute Gasteiger partial charge is 0.486 e. The molecule has 1 aliphatic rings. The maximum atomic E-state index is 15.7. The molecule has 0 bridgehead atoms. The van der Waals surface area contributed by atoms with Crippen molar-refractivity contribution in [3.05, 3.63) is 66.6 Å². The first-order valence-corrected chi connectivity index (χ1v) is 14.3. The Morgan fingerprint density at radius 1 is 1.07 bits per heavy atom. The summed E-state index contributed by atoms with van der Waals surface area (Å²) in [5.74, 6) is 0.142. The van der Waals surface area contributed by atoms with Gasteiger partial charge in [0, 0.05) is 43.4 Å². The lowest BCUT2D eigenvalue weighted by molar-refractivity contribution is -0.0102. The molecule has 2 atom stereocenters. The Morgan fingerprint density at radius 2 is 1.89 bits per heavy atom. The van der Waals surface area contributed by atoms with E-state index in [0.717, 1.165) is 16.7 Å². The fourth-order valence-electron chi connectivity index (χ4n) is 5.24. The second-order valence-corrected chi connectivity index (χ2v) is 12.0. The van der Waals surface area contributed by atoms with Gasteiger partial charge >= 0.3 is 6.09 Å². The minimum atomic E-state index is -1.48. The number of nitrogens with zero attached hydrogens (tertiary/aromatic N) is 6. The number of carbonyl (C=O) groups is 1. The van der Waals surface area contributed by atoms with Crippen LogP contribution in [-0.2, 0) is 11.8 Å². The number of likely N-dealkylation sites (tertiary alicyclic amines) is 1. The standard InChI is InChI=1S/C32H33F2N7O3/c1-18-10-21-23(35-13-18)6-7-24(29(21)34)39-30-28-25(36-17-37-30)11-19(20-14-38-40(5)15-20)12-27(28)43-26-8-9-41(16-22(26)33)31(42)44-32(2,3)4/h6-7,10-15,17,22,26H,8-9,16H2,1-5H3,(H,36,37,39). The molecule has 228 valence electrons. The van der Waals surface area contributed by atoms with Gasteiger partial charge in [-0.3, -0.25) is 9.67 Å². The molecule has 44 heavy (non-hydrogen) atoms. The van der Waals surface area contributed by atoms with Crippen LogP contribution in [0.2, 0.25) is 0 Å². The van der Waals surface area contributed by atoms with Gasteiger partial charge in [0.15, 0.2) is 12.0 Å². The average Bonchev–Trinajstić information content (AvgIpc) is 3.41. The molecule has 5 aromatic rings. The minimum absolute atomic E-state index is 0.169. The van der Waals surface area contributed by atoms with Crippen molar-refractivity contribution in [2.24, 2.45) is 7.05 Å². The van der Waals surface area contributed by atoms with Gasteiger partial charge in [-0.25, -0.2) is 23.5 Å². The average molecular weight is 602 g/mol. The van der Waals surface area contributed by atoms with E-state index in [1.54, 1.807) is 62.1 Å². The third-order valence-electron chi connectivity index (χ3n) is 7.34. The van der Waals surface area contributed by atoms with E-state index in [-0.39, 0.29) is 25.2 Å². The van der Waals surface area contributed by atoms with Crippen molar-refractivity contribution in [1.29, 1.82) is 0 Å². The molecule has 1 saturated heterocycles. The summed E-state index contributed by atoms with van der Waals surface area (Å²) < 4.78 is 44.7. The van der Waals surface area contributed by atoms with E-state index < -0.39 is 29.8 Å². The number of aromatic nitrogens is 5. The second-order valence-electron chi connectivity index (χ2n) is 12.0. The highest BCUT2D eigenvalue weighted by molar-refractivity contribution is 5.99. The molecule has 6 rings (SSSR count). The third kappa shape index (κ3) is 5.97. The summed E-state index contributed by atoms with van der Waals surface area (Å²) in [7, 11) is 1.81. The number of alkyl halides is 1. The van der Waals surface area contributed by atoms with E-state index in [1.165, 1.54) is 11.2 Å². The van der Waals surface area contributed by atoms with Gasteiger partial charge in [-0.15, -0.1) is 0 Å². The summed E-state index contributed by atoms with van der Waals surface area (Å²) in [6.45, 7) is 7.24. The van der Waals surface area contributed by atoms with Gasteiger partial charge in [0.05, 0.1) is 34.8 Å². The molecule has 3 aromatic heterocycles. The Kier molecular flexibility index (Phi) is 7.52. The molecule has 2 unspecified atom stereocenters. The van der Waals surface area contributed by atoms with Crippen molar-refractivity contribution in [2.75, 3.05) is 18.4 Å². The van der Waals surface area contributed by atoms with Crippen molar-refractivity contribution in [1.82, 2.24) is 29.6 Å². The van der Waals surface area contributed by atoms with Crippen molar-refractivity contribution in [2.45, 2.75) is 52.0 Å². The number of halogens is 2. The van der Waals surface area contributed by atoms with Gasteiger partial charge in [0.1, 0.15) is 29.6 Å². The first-order chi connectivity index (χ1) is 20.9. The number of nitrogens with one attached hydrogen (secondary N) is 1. The predicted molar refractivity (Wildman–Crippen MR) is 163 cm³/mol. The number of ether oxygens (including phenoxy) is 2. The molecule has 1 aliphatic heterocycles. The van der Waals surface area contributed by atoms with E-state index in [9.17, 15) is 4.79 Å². The number of pyridine rings is 1. The van der Waals surface area contributed by atoms with Crippen LogP contribution in [0.15, 0.2) is 55.2 Å². The Morgan fingerprint density at radius 3 is 2.61 bits per heavy atom. The Labute approximate surface area is 253 Å². The summed E-state index contributed by atoms with van der Waals surface area (Å²) in [6.07, 6.45) is 3.96. The molecule has 0 spiro atoms. The number of hydrogen-bond acceptors (Lipinski definition) is 8. The van der Waals surface area contributed by atoms with Gasteiger partial charge in [-0.05, 0) is 69.2 Å². The first-order valence-electron chi connectivity index (χ1n) is 14.3. The van der Waals surface area contributed by atoms with Crippen LogP contribution < -0.4 is 10.1 Å². The van der Waals surface area contributed by atoms with Crippen LogP contribution in [0.1, 0.15) is 32.8 Å². The zero-order valence-corrected chi connectivity index (χ0v) is 25.1. The molecule has 1 fully saturated rings. The number of piperidine rings is 1. The maximum Gasteiger partial charge on any atom is 0.410 e. The molecule has 0 saturated carbocycles. The van der Waals surface area contributed by atoms with E-state index >= 15 is 8.78 Å². The van der Waals surface area contributed by atoms with Gasteiger partial charge < -0.3 is 19.7 Å². The lowest BCUT2D eigenvalue weighted by atomic mass is 10.0. The fourth-order valence-corrected chi connectivity index (χ4v) is 5.24. The summed E-state index contributed by atoms with van der Waals surface area (Å²) in [5, 5.41) is 8.22. The summed E-state index contributed by atoms with van der Waals surface area (Å²) >= 11 is 0. The number of fused-ring (bicyclic) bond motifs is 2. The number of amides is 1. The normalized spacial score (nSPS) is 17.2. The Balaban J connectivity index is 1.37. The third-order valence-corrected chi connectivity index (χ3v) is 7.34. The molecule has 12 heteroatoms. The molecule has 2 aromatic carbocycles. The fraction of sp³-hybridized carbons (Fsp3) is 0.344. The Hall–Kier alpha value is -4.87. The van der Waals surface area contributed by atoms with Crippen LogP contribution in [0.3, 0.4) is 0 Å². The molecule has 0 aliphatic carbocycles. The summed E-state index contributed by atoms with van der Waals surface area (Å²) in [4.78, 5) is 27.1. The smallest absolute Gasteiger partial charge is 0.410 e. The van der Waals surface area contributed by atoms with Crippen LogP contribution in [0.5, 0.6) is 5.75 Å². The van der Waals surface area contributed by atoms with Crippen LogP contribution in [0.4, 0.5) is 25.1 Å². The number of anilines is 2. The van der Waals surface area contributed by atoms with Gasteiger partial charge in [0.2, 0.25) is 0 Å². The number of hydrogen-bond donors (Lipinski definition) is 1. The minimum Gasteiger partial charge on any atom is -0.486 e. The van der Waals surface area contributed by atoms with Crippen LogP contribution in [0.25, 0.3) is 32.9 Å². The zero-order chi connectivity index (χ0) is 31.2. The monoisotopic (exact) mass is 601 g/mol. The van der Waals surface area contributed by atoms with Gasteiger partial charge in [0.25, 0.3) is 0 Å². The van der Waals surface area contributed by atoms with Crippen molar-refractivity contribution < 1.29 is 23.0 Å². The lowest BCUT2D eigenvalue weighted by Gasteiger charge is -2.35. The number of carbonyl (C=O) groups excluding carboxylic acids is 1. The van der Waals surface area contributed by atoms with Crippen molar-refractivity contribution in [3.63, 3.8) is 0 Å². The summed E-state index contributed by atoms with van der Waals surface area (Å²) in [5.41, 5.74) is 2.95. The Bertz CT molecular complexity index is 1870. The molecule has 0 radical (unpaired) electrons. The van der Waals surface area contributed by atoms with E-state index in [4.69, 9.17) is 9.47 Å². The van der Waals surface area contributed by atoms with E-state index in [0.29, 0.717) is 33.4 Å². The quantitative estimate of drug-likeness (QED) is 0.243. The second kappa shape index (κ2) is 11.3. The molecule has 4 heterocycles. The molecule has 1 amide bonds. The predicted octanol–water partition coefficient (Wildman–Crippen LogP) is 6.50. The molecule has 10 nitrogen and oxygen atoms in total. The highest BCUT2D eigenvalue weighted by Crippen LogP contribution is 2.38. The van der Waals surface area contributed by atoms with Crippen molar-refractivity contribution >= 4 is 39.4 Å². The van der Waals surface area contributed by atoms with E-state index in [1.807, 2.05) is 26.2 Å². The zero-order valence-electron chi connectivity index (χ0n) is 25.1. The SMILES string of the molecule is Cc1cnc2ccc(Nc3ncnc4cc(-c5cnn(C)c5)cc(OC5CCN(C(=O)OC(C)(C)C)CC5F)c34)c(F)c2c1. The first kappa shape index (κ1) is 29.2. The highest BCUT2D eigenvalue weighted by Gasteiger charge is 2.35. The van der Waals surface area contributed by atoms with Crippen LogP contribution in [0, 0.1) is 12.7 Å². The molecular formula is C32H33F2N7O3. The van der Waals surface area contributed by atoms with E-state index in [2.05, 4.69) is 25.4 Å². The molecule has 1 N–H and O–H groups in total. The van der Waals surface area contributed by atoms with Gasteiger partial charge in [-0.1, -0.05) is 0 Å². The summed E-state index contributed by atoms with van der Waals surface area (Å²) in [6, 6.07) is 8.70.